The lowest BCUT2D eigenvalue weighted by Gasteiger charge is -2.02. The average Bonchev–Trinajstić information content (AvgIpc) is 2.46. The van der Waals surface area contributed by atoms with Crippen molar-refractivity contribution < 1.29 is 5.11 Å². The van der Waals surface area contributed by atoms with E-state index < -0.39 is 0 Å². The highest BCUT2D eigenvalue weighted by Crippen LogP contribution is 2.28. The number of fused-ring (bicyclic) bond motifs is 1. The summed E-state index contributed by atoms with van der Waals surface area (Å²) >= 11 is 0. The van der Waals surface area contributed by atoms with E-state index in [1.165, 1.54) is 0 Å². The number of nitrogens with two attached hydrogens (primary N) is 1. The third-order valence-corrected chi connectivity index (χ3v) is 2.61. The summed E-state index contributed by atoms with van der Waals surface area (Å²) < 4.78 is 0. The number of phenols is 1. The van der Waals surface area contributed by atoms with Crippen LogP contribution in [-0.4, -0.2) is 5.11 Å². The van der Waals surface area contributed by atoms with Gasteiger partial charge in [-0.05, 0) is 11.5 Å². The number of anilines is 1. The topological polar surface area (TPSA) is 46.2 Å². The molecule has 0 unspecified atom stereocenters. The van der Waals surface area contributed by atoms with Gasteiger partial charge in [-0.25, -0.2) is 0 Å². The number of nitrogen functional groups attached to an aromatic ring is 1. The van der Waals surface area contributed by atoms with Gasteiger partial charge in [-0.3, -0.25) is 0 Å². The fourth-order valence-corrected chi connectivity index (χ4v) is 1.67. The zero-order valence-electron chi connectivity index (χ0n) is 9.95. The highest BCUT2D eigenvalue weighted by molar-refractivity contribution is 5.95. The Morgan fingerprint density at radius 1 is 0.684 bits per heavy atom. The fraction of sp³-hybridized carbons (Fsp3) is 0.0588. The number of aromatic hydroxyl groups is 1. The van der Waals surface area contributed by atoms with Crippen LogP contribution in [-0.2, 0) is 0 Å². The van der Waals surface area contributed by atoms with Gasteiger partial charge in [0.1, 0.15) is 5.75 Å². The Kier molecular flexibility index (Phi) is 5.42. The van der Waals surface area contributed by atoms with Crippen molar-refractivity contribution in [3.05, 3.63) is 72.8 Å². The maximum atomic E-state index is 9.29. The molecule has 3 aromatic rings. The van der Waals surface area contributed by atoms with E-state index in [0.29, 0.717) is 5.69 Å². The van der Waals surface area contributed by atoms with E-state index in [-0.39, 0.29) is 13.2 Å². The molecule has 0 aliphatic heterocycles. The monoisotopic (exact) mass is 253 g/mol. The van der Waals surface area contributed by atoms with Gasteiger partial charge in [0.25, 0.3) is 0 Å². The van der Waals surface area contributed by atoms with Crippen LogP contribution in [0.25, 0.3) is 10.8 Å². The van der Waals surface area contributed by atoms with Crippen LogP contribution in [0.1, 0.15) is 7.43 Å². The summed E-state index contributed by atoms with van der Waals surface area (Å²) in [7, 11) is 0. The van der Waals surface area contributed by atoms with E-state index in [4.69, 9.17) is 5.73 Å². The summed E-state index contributed by atoms with van der Waals surface area (Å²) in [4.78, 5) is 0. The number of benzene rings is 3. The molecule has 98 valence electrons. The second kappa shape index (κ2) is 7.07. The Morgan fingerprint density at radius 3 is 1.79 bits per heavy atom. The molecule has 19 heavy (non-hydrogen) atoms. The Labute approximate surface area is 114 Å². The smallest absolute Gasteiger partial charge is 0.139 e. The van der Waals surface area contributed by atoms with E-state index >= 15 is 0 Å². The zero-order chi connectivity index (χ0) is 12.8. The van der Waals surface area contributed by atoms with E-state index in [0.717, 1.165) is 10.8 Å². The third-order valence-electron chi connectivity index (χ3n) is 2.61. The quantitative estimate of drug-likeness (QED) is 0.459. The number of hydrogen-bond acceptors (Lipinski definition) is 2. The van der Waals surface area contributed by atoms with Crippen molar-refractivity contribution in [2.24, 2.45) is 0 Å². The molecule has 0 atom stereocenters. The molecule has 2 heteroatoms. The van der Waals surface area contributed by atoms with Gasteiger partial charge in [-0.1, -0.05) is 74.2 Å². The summed E-state index contributed by atoms with van der Waals surface area (Å²) in [5, 5.41) is 11.2. The first-order valence-corrected chi connectivity index (χ1v) is 5.75. The SMILES string of the molecule is C.Nc1c(O)ccc2ccccc12.c1ccccc1. The Balaban J connectivity index is 0.000000220. The highest BCUT2D eigenvalue weighted by atomic mass is 16.3. The van der Waals surface area contributed by atoms with Crippen molar-refractivity contribution >= 4 is 16.5 Å². The molecule has 3 aromatic carbocycles. The molecule has 0 fully saturated rings. The van der Waals surface area contributed by atoms with Crippen LogP contribution in [0, 0.1) is 0 Å². The minimum atomic E-state index is 0. The standard InChI is InChI=1S/C10H9NO.C6H6.CH4/c11-10-8-4-2-1-3-7(8)5-6-9(10)12;1-2-4-6-5-3-1;/h1-6,12H,11H2;1-6H;1H4. The van der Waals surface area contributed by atoms with Gasteiger partial charge in [-0.2, -0.15) is 0 Å². The molecule has 2 nitrogen and oxygen atoms in total. The lowest BCUT2D eigenvalue weighted by atomic mass is 10.1. The molecule has 0 heterocycles. The van der Waals surface area contributed by atoms with Gasteiger partial charge in [0.15, 0.2) is 0 Å². The van der Waals surface area contributed by atoms with Crippen LogP contribution < -0.4 is 5.73 Å². The van der Waals surface area contributed by atoms with Gasteiger partial charge >= 0.3 is 0 Å². The van der Waals surface area contributed by atoms with Gasteiger partial charge in [0.05, 0.1) is 5.69 Å². The van der Waals surface area contributed by atoms with Crippen molar-refractivity contribution in [2.45, 2.75) is 7.43 Å². The Morgan fingerprint density at radius 2 is 1.21 bits per heavy atom. The largest absolute Gasteiger partial charge is 0.506 e. The summed E-state index contributed by atoms with van der Waals surface area (Å²) in [6.07, 6.45) is 0. The Bertz CT molecular complexity index is 594. The van der Waals surface area contributed by atoms with Crippen molar-refractivity contribution in [1.29, 1.82) is 0 Å². The highest BCUT2D eigenvalue weighted by Gasteiger charge is 2.00. The minimum Gasteiger partial charge on any atom is -0.506 e. The Hall–Kier alpha value is -2.48. The molecule has 0 saturated heterocycles. The summed E-state index contributed by atoms with van der Waals surface area (Å²) in [6, 6.07) is 23.2. The molecule has 3 N–H and O–H groups in total. The first kappa shape index (κ1) is 14.6. The van der Waals surface area contributed by atoms with E-state index in [2.05, 4.69) is 0 Å². The van der Waals surface area contributed by atoms with Crippen LogP contribution in [0.15, 0.2) is 72.8 Å². The van der Waals surface area contributed by atoms with Crippen molar-refractivity contribution in [1.82, 2.24) is 0 Å². The third kappa shape index (κ3) is 3.75. The van der Waals surface area contributed by atoms with Crippen molar-refractivity contribution in [2.75, 3.05) is 5.73 Å². The zero-order valence-corrected chi connectivity index (χ0v) is 9.95. The first-order valence-electron chi connectivity index (χ1n) is 5.75. The number of rotatable bonds is 0. The lowest BCUT2D eigenvalue weighted by Crippen LogP contribution is -1.86. The molecule has 0 amide bonds. The van der Waals surface area contributed by atoms with Gasteiger partial charge in [-0.15, -0.1) is 0 Å². The fourth-order valence-electron chi connectivity index (χ4n) is 1.67. The predicted molar refractivity (Wildman–Crippen MR) is 83.2 cm³/mol. The molecular formula is C17H19NO. The normalized spacial score (nSPS) is 9.05. The van der Waals surface area contributed by atoms with Crippen LogP contribution >= 0.6 is 0 Å². The molecule has 0 spiro atoms. The van der Waals surface area contributed by atoms with Crippen LogP contribution in [0.3, 0.4) is 0 Å². The molecule has 0 saturated carbocycles. The molecule has 3 rings (SSSR count). The average molecular weight is 253 g/mol. The van der Waals surface area contributed by atoms with E-state index in [1.807, 2.05) is 66.7 Å². The van der Waals surface area contributed by atoms with Gasteiger partial charge in [0.2, 0.25) is 0 Å². The number of hydrogen-bond donors (Lipinski definition) is 2. The second-order valence-corrected chi connectivity index (χ2v) is 3.87. The van der Waals surface area contributed by atoms with Crippen molar-refractivity contribution in [3.63, 3.8) is 0 Å². The molecule has 0 aliphatic rings. The van der Waals surface area contributed by atoms with Gasteiger partial charge in [0, 0.05) is 5.39 Å². The van der Waals surface area contributed by atoms with Crippen LogP contribution in [0.4, 0.5) is 5.69 Å². The summed E-state index contributed by atoms with van der Waals surface area (Å²) in [5.74, 6) is 0.147. The van der Waals surface area contributed by atoms with Crippen LogP contribution in [0.5, 0.6) is 5.75 Å². The van der Waals surface area contributed by atoms with Crippen LogP contribution in [0.2, 0.25) is 0 Å². The molecule has 0 aromatic heterocycles. The summed E-state index contributed by atoms with van der Waals surface area (Å²) in [6.45, 7) is 0. The van der Waals surface area contributed by atoms with Gasteiger partial charge < -0.3 is 10.8 Å². The molecule has 0 bridgehead atoms. The van der Waals surface area contributed by atoms with E-state index in [1.54, 1.807) is 6.07 Å². The molecule has 0 aliphatic carbocycles. The number of phenolic OH excluding ortho intramolecular Hbond substituents is 1. The first-order chi connectivity index (χ1) is 8.79. The maximum Gasteiger partial charge on any atom is 0.139 e. The van der Waals surface area contributed by atoms with Crippen molar-refractivity contribution in [3.8, 4) is 5.75 Å². The predicted octanol–water partition coefficient (Wildman–Crippen LogP) is 4.45. The second-order valence-electron chi connectivity index (χ2n) is 3.87. The molecule has 0 radical (unpaired) electrons. The van der Waals surface area contributed by atoms with E-state index in [9.17, 15) is 5.11 Å². The summed E-state index contributed by atoms with van der Waals surface area (Å²) in [5.41, 5.74) is 6.12. The minimum absolute atomic E-state index is 0. The molecular weight excluding hydrogens is 234 g/mol. The lowest BCUT2D eigenvalue weighted by molar-refractivity contribution is 0.478. The maximum absolute atomic E-state index is 9.29.